The van der Waals surface area contributed by atoms with Gasteiger partial charge in [0.15, 0.2) is 5.01 Å². The van der Waals surface area contributed by atoms with Crippen molar-refractivity contribution in [2.24, 2.45) is 0 Å². The molecule has 90 valence electrons. The lowest BCUT2D eigenvalue weighted by Gasteiger charge is -2.02. The summed E-state index contributed by atoms with van der Waals surface area (Å²) in [6, 6.07) is 11.1. The van der Waals surface area contributed by atoms with E-state index < -0.39 is 6.04 Å². The summed E-state index contributed by atoms with van der Waals surface area (Å²) in [5, 5.41) is 13.4. The second-order valence-corrected chi connectivity index (χ2v) is 4.59. The van der Waals surface area contributed by atoms with Gasteiger partial charge in [-0.3, -0.25) is 4.79 Å². The molecule has 0 fully saturated rings. The first-order valence-corrected chi connectivity index (χ1v) is 6.30. The highest BCUT2D eigenvalue weighted by molar-refractivity contribution is 7.12. The Bertz CT molecular complexity index is 586. The number of rotatable bonds is 3. The van der Waals surface area contributed by atoms with Gasteiger partial charge in [0.05, 0.1) is 11.8 Å². The second-order valence-electron chi connectivity index (χ2n) is 3.73. The summed E-state index contributed by atoms with van der Waals surface area (Å²) in [6.45, 7) is 1.63. The first-order valence-electron chi connectivity index (χ1n) is 5.42. The van der Waals surface area contributed by atoms with Crippen molar-refractivity contribution in [1.82, 2.24) is 10.3 Å². The van der Waals surface area contributed by atoms with Gasteiger partial charge in [-0.2, -0.15) is 5.26 Å². The number of carbonyl (C=O) groups is 1. The quantitative estimate of drug-likeness (QED) is 0.918. The Hall–Kier alpha value is -2.19. The van der Waals surface area contributed by atoms with Crippen LogP contribution in [0.15, 0.2) is 35.7 Å². The molecule has 0 unspecified atom stereocenters. The van der Waals surface area contributed by atoms with Gasteiger partial charge in [-0.1, -0.05) is 30.3 Å². The van der Waals surface area contributed by atoms with Crippen LogP contribution in [0.25, 0.3) is 11.3 Å². The molecule has 1 aromatic heterocycles. The van der Waals surface area contributed by atoms with Gasteiger partial charge >= 0.3 is 0 Å². The van der Waals surface area contributed by atoms with E-state index in [4.69, 9.17) is 5.26 Å². The normalized spacial score (nSPS) is 11.6. The predicted octanol–water partition coefficient (Wildman–Crippen LogP) is 2.45. The van der Waals surface area contributed by atoms with E-state index in [1.807, 2.05) is 41.8 Å². The second kappa shape index (κ2) is 5.43. The zero-order chi connectivity index (χ0) is 13.0. The Morgan fingerprint density at radius 2 is 2.17 bits per heavy atom. The lowest BCUT2D eigenvalue weighted by molar-refractivity contribution is 0.0947. The minimum Gasteiger partial charge on any atom is -0.334 e. The topological polar surface area (TPSA) is 65.8 Å². The van der Waals surface area contributed by atoms with Gasteiger partial charge in [-0.15, -0.1) is 11.3 Å². The SMILES string of the molecule is C[C@@H](C#N)NC(=O)c1nc(-c2ccccc2)cs1. The van der Waals surface area contributed by atoms with E-state index in [2.05, 4.69) is 10.3 Å². The van der Waals surface area contributed by atoms with E-state index in [9.17, 15) is 4.79 Å². The Labute approximate surface area is 109 Å². The Balaban J connectivity index is 2.17. The van der Waals surface area contributed by atoms with Crippen LogP contribution in [0.2, 0.25) is 0 Å². The molecule has 1 amide bonds. The molecule has 18 heavy (non-hydrogen) atoms. The number of nitriles is 1. The maximum Gasteiger partial charge on any atom is 0.281 e. The van der Waals surface area contributed by atoms with Crippen LogP contribution in [0, 0.1) is 11.3 Å². The van der Waals surface area contributed by atoms with Crippen molar-refractivity contribution in [3.63, 3.8) is 0 Å². The monoisotopic (exact) mass is 257 g/mol. The standard InChI is InChI=1S/C13H11N3OS/c1-9(7-14)15-12(17)13-16-11(8-18-13)10-5-3-2-4-6-10/h2-6,8-9H,1H3,(H,15,17)/t9-/m0/s1. The summed E-state index contributed by atoms with van der Waals surface area (Å²) in [5.74, 6) is -0.309. The molecular formula is C13H11N3OS. The fourth-order valence-corrected chi connectivity index (χ4v) is 2.14. The maximum atomic E-state index is 11.7. The highest BCUT2D eigenvalue weighted by Gasteiger charge is 2.13. The average molecular weight is 257 g/mol. The van der Waals surface area contributed by atoms with Crippen molar-refractivity contribution in [3.05, 3.63) is 40.7 Å². The van der Waals surface area contributed by atoms with Crippen molar-refractivity contribution in [2.45, 2.75) is 13.0 Å². The third-order valence-electron chi connectivity index (χ3n) is 2.31. The molecule has 1 N–H and O–H groups in total. The molecule has 4 nitrogen and oxygen atoms in total. The number of benzene rings is 1. The molecule has 1 aromatic carbocycles. The molecule has 0 aliphatic rings. The number of aromatic nitrogens is 1. The van der Waals surface area contributed by atoms with Crippen molar-refractivity contribution in [3.8, 4) is 17.3 Å². The largest absolute Gasteiger partial charge is 0.334 e. The van der Waals surface area contributed by atoms with Crippen molar-refractivity contribution in [1.29, 1.82) is 5.26 Å². The number of carbonyl (C=O) groups excluding carboxylic acids is 1. The smallest absolute Gasteiger partial charge is 0.281 e. The van der Waals surface area contributed by atoms with E-state index in [0.717, 1.165) is 11.3 Å². The molecule has 2 aromatic rings. The summed E-state index contributed by atoms with van der Waals surface area (Å²) < 4.78 is 0. The summed E-state index contributed by atoms with van der Waals surface area (Å²) in [7, 11) is 0. The van der Waals surface area contributed by atoms with Gasteiger partial charge in [-0.05, 0) is 6.92 Å². The molecule has 0 aliphatic heterocycles. The number of thiazole rings is 1. The van der Waals surface area contributed by atoms with Crippen LogP contribution in [0.3, 0.4) is 0 Å². The summed E-state index contributed by atoms with van der Waals surface area (Å²) in [5.41, 5.74) is 1.75. The van der Waals surface area contributed by atoms with E-state index in [1.165, 1.54) is 11.3 Å². The Morgan fingerprint density at radius 1 is 1.44 bits per heavy atom. The van der Waals surface area contributed by atoms with Gasteiger partial charge < -0.3 is 5.32 Å². The first-order chi connectivity index (χ1) is 8.70. The highest BCUT2D eigenvalue weighted by atomic mass is 32.1. The van der Waals surface area contributed by atoms with Gasteiger partial charge in [0.1, 0.15) is 6.04 Å². The zero-order valence-electron chi connectivity index (χ0n) is 9.75. The minimum atomic E-state index is -0.512. The summed E-state index contributed by atoms with van der Waals surface area (Å²) >= 11 is 1.27. The fraction of sp³-hybridized carbons (Fsp3) is 0.154. The van der Waals surface area contributed by atoms with Gasteiger partial charge in [0.2, 0.25) is 0 Å². The molecule has 0 saturated carbocycles. The fourth-order valence-electron chi connectivity index (χ4n) is 1.41. The number of nitrogens with one attached hydrogen (secondary N) is 1. The predicted molar refractivity (Wildman–Crippen MR) is 70.1 cm³/mol. The van der Waals surface area contributed by atoms with Crippen LogP contribution in [0.5, 0.6) is 0 Å². The van der Waals surface area contributed by atoms with E-state index in [0.29, 0.717) is 5.01 Å². The molecule has 0 spiro atoms. The number of hydrogen-bond donors (Lipinski definition) is 1. The third-order valence-corrected chi connectivity index (χ3v) is 3.15. The lowest BCUT2D eigenvalue weighted by Crippen LogP contribution is -2.31. The zero-order valence-corrected chi connectivity index (χ0v) is 10.6. The lowest BCUT2D eigenvalue weighted by atomic mass is 10.2. The van der Waals surface area contributed by atoms with Crippen LogP contribution >= 0.6 is 11.3 Å². The van der Waals surface area contributed by atoms with Gasteiger partial charge in [-0.25, -0.2) is 4.98 Å². The van der Waals surface area contributed by atoms with Crippen molar-refractivity contribution in [2.75, 3.05) is 0 Å². The third kappa shape index (κ3) is 2.73. The Kier molecular flexibility index (Phi) is 3.70. The highest BCUT2D eigenvalue weighted by Crippen LogP contribution is 2.21. The van der Waals surface area contributed by atoms with Crippen LogP contribution < -0.4 is 5.32 Å². The molecule has 0 saturated heterocycles. The molecule has 1 atom stereocenters. The number of amides is 1. The molecule has 5 heteroatoms. The van der Waals surface area contributed by atoms with E-state index in [1.54, 1.807) is 6.92 Å². The van der Waals surface area contributed by atoms with E-state index in [-0.39, 0.29) is 5.91 Å². The molecule has 0 radical (unpaired) electrons. The minimum absolute atomic E-state index is 0.309. The summed E-state index contributed by atoms with van der Waals surface area (Å²) in [4.78, 5) is 16.0. The Morgan fingerprint density at radius 3 is 2.83 bits per heavy atom. The van der Waals surface area contributed by atoms with Crippen molar-refractivity contribution >= 4 is 17.2 Å². The van der Waals surface area contributed by atoms with Gasteiger partial charge in [0, 0.05) is 10.9 Å². The summed E-state index contributed by atoms with van der Waals surface area (Å²) in [6.07, 6.45) is 0. The van der Waals surface area contributed by atoms with Gasteiger partial charge in [0.25, 0.3) is 5.91 Å². The number of nitrogens with zero attached hydrogens (tertiary/aromatic N) is 2. The van der Waals surface area contributed by atoms with Crippen LogP contribution in [-0.4, -0.2) is 16.9 Å². The molecule has 1 heterocycles. The molecule has 2 rings (SSSR count). The first kappa shape index (κ1) is 12.3. The molecule has 0 aliphatic carbocycles. The van der Waals surface area contributed by atoms with Crippen LogP contribution in [0.1, 0.15) is 16.7 Å². The average Bonchev–Trinajstić information content (AvgIpc) is 2.89. The molecular weight excluding hydrogens is 246 g/mol. The number of hydrogen-bond acceptors (Lipinski definition) is 4. The van der Waals surface area contributed by atoms with E-state index >= 15 is 0 Å². The molecule has 0 bridgehead atoms. The van der Waals surface area contributed by atoms with Crippen LogP contribution in [0.4, 0.5) is 0 Å². The van der Waals surface area contributed by atoms with Crippen LogP contribution in [-0.2, 0) is 0 Å². The van der Waals surface area contributed by atoms with Crippen molar-refractivity contribution < 1.29 is 4.79 Å². The maximum absolute atomic E-state index is 11.7.